The quantitative estimate of drug-likeness (QED) is 0.785. The molecule has 0 saturated heterocycles. The van der Waals surface area contributed by atoms with Gasteiger partial charge in [0.25, 0.3) is 5.89 Å². The predicted octanol–water partition coefficient (Wildman–Crippen LogP) is 1.74. The summed E-state index contributed by atoms with van der Waals surface area (Å²) >= 11 is 0. The minimum Gasteiger partial charge on any atom is -0.387 e. The standard InChI is InChI=1S/C14H15N5O2/c1-9-3-5-11(6-4-9)14-15-13(17-21-14)8-19-7-12(10(2)20)16-18-19/h3-7,10,20H,8H2,1-2H3. The molecule has 1 unspecified atom stereocenters. The maximum Gasteiger partial charge on any atom is 0.257 e. The molecule has 0 aliphatic rings. The lowest BCUT2D eigenvalue weighted by Gasteiger charge is -1.95. The summed E-state index contributed by atoms with van der Waals surface area (Å²) in [4.78, 5) is 4.33. The van der Waals surface area contributed by atoms with Gasteiger partial charge in [0, 0.05) is 5.56 Å². The van der Waals surface area contributed by atoms with E-state index in [4.69, 9.17) is 4.52 Å². The third-order valence-corrected chi connectivity index (χ3v) is 3.05. The molecule has 1 aromatic carbocycles. The van der Waals surface area contributed by atoms with Crippen LogP contribution in [0.5, 0.6) is 0 Å². The smallest absolute Gasteiger partial charge is 0.257 e. The van der Waals surface area contributed by atoms with Crippen molar-refractivity contribution in [3.8, 4) is 11.5 Å². The number of aliphatic hydroxyl groups excluding tert-OH is 1. The van der Waals surface area contributed by atoms with Gasteiger partial charge in [-0.25, -0.2) is 4.68 Å². The average Bonchev–Trinajstić information content (AvgIpc) is 3.10. The second-order valence-corrected chi connectivity index (χ2v) is 4.90. The molecule has 2 aromatic heterocycles. The van der Waals surface area contributed by atoms with Crippen molar-refractivity contribution in [1.29, 1.82) is 0 Å². The molecular formula is C14H15N5O2. The summed E-state index contributed by atoms with van der Waals surface area (Å²) in [5, 5.41) is 21.1. The number of aliphatic hydroxyl groups is 1. The molecule has 21 heavy (non-hydrogen) atoms. The molecule has 2 heterocycles. The third-order valence-electron chi connectivity index (χ3n) is 3.05. The number of aromatic nitrogens is 5. The van der Waals surface area contributed by atoms with Crippen molar-refractivity contribution in [2.75, 3.05) is 0 Å². The largest absolute Gasteiger partial charge is 0.387 e. The number of benzene rings is 1. The lowest BCUT2D eigenvalue weighted by molar-refractivity contribution is 0.194. The number of aryl methyl sites for hydroxylation is 1. The van der Waals surface area contributed by atoms with Crippen LogP contribution in [0.25, 0.3) is 11.5 Å². The fourth-order valence-electron chi connectivity index (χ4n) is 1.86. The zero-order valence-electron chi connectivity index (χ0n) is 11.8. The Labute approximate surface area is 121 Å². The Balaban J connectivity index is 1.76. The first-order valence-electron chi connectivity index (χ1n) is 6.59. The highest BCUT2D eigenvalue weighted by Crippen LogP contribution is 2.17. The maximum atomic E-state index is 9.41. The van der Waals surface area contributed by atoms with Gasteiger partial charge in [-0.2, -0.15) is 4.98 Å². The SMILES string of the molecule is Cc1ccc(-c2nc(Cn3cc(C(C)O)nn3)no2)cc1. The molecule has 0 fully saturated rings. The first-order chi connectivity index (χ1) is 10.1. The molecule has 7 nitrogen and oxygen atoms in total. The van der Waals surface area contributed by atoms with Gasteiger partial charge in [-0.1, -0.05) is 28.1 Å². The van der Waals surface area contributed by atoms with Gasteiger partial charge in [0.1, 0.15) is 12.2 Å². The summed E-state index contributed by atoms with van der Waals surface area (Å²) in [6.45, 7) is 4.00. The Hall–Kier alpha value is -2.54. The molecule has 0 aliphatic carbocycles. The van der Waals surface area contributed by atoms with Gasteiger partial charge >= 0.3 is 0 Å². The highest BCUT2D eigenvalue weighted by molar-refractivity contribution is 5.53. The van der Waals surface area contributed by atoms with Crippen molar-refractivity contribution in [3.05, 3.63) is 47.5 Å². The second-order valence-electron chi connectivity index (χ2n) is 4.90. The maximum absolute atomic E-state index is 9.41. The monoisotopic (exact) mass is 285 g/mol. The first kappa shape index (κ1) is 13.4. The van der Waals surface area contributed by atoms with E-state index in [-0.39, 0.29) is 0 Å². The van der Waals surface area contributed by atoms with E-state index in [1.165, 1.54) is 5.56 Å². The number of nitrogens with zero attached hydrogens (tertiary/aromatic N) is 5. The Morgan fingerprint density at radius 1 is 1.29 bits per heavy atom. The molecule has 0 aliphatic heterocycles. The normalized spacial score (nSPS) is 12.5. The van der Waals surface area contributed by atoms with Gasteiger partial charge in [-0.15, -0.1) is 5.10 Å². The molecular weight excluding hydrogens is 270 g/mol. The van der Waals surface area contributed by atoms with Crippen LogP contribution in [0, 0.1) is 6.92 Å². The van der Waals surface area contributed by atoms with Crippen LogP contribution in [-0.4, -0.2) is 30.2 Å². The number of hydrogen-bond donors (Lipinski definition) is 1. The van der Waals surface area contributed by atoms with Gasteiger partial charge in [0.15, 0.2) is 5.82 Å². The Morgan fingerprint density at radius 2 is 2.05 bits per heavy atom. The van der Waals surface area contributed by atoms with Crippen molar-refractivity contribution in [2.24, 2.45) is 0 Å². The highest BCUT2D eigenvalue weighted by atomic mass is 16.5. The summed E-state index contributed by atoms with van der Waals surface area (Å²) in [5.74, 6) is 0.980. The topological polar surface area (TPSA) is 89.9 Å². The van der Waals surface area contributed by atoms with Crippen LogP contribution in [0.1, 0.15) is 30.1 Å². The Kier molecular flexibility index (Phi) is 3.49. The summed E-state index contributed by atoms with van der Waals surface area (Å²) in [6, 6.07) is 7.86. The van der Waals surface area contributed by atoms with E-state index in [0.717, 1.165) is 5.56 Å². The van der Waals surface area contributed by atoms with E-state index in [0.29, 0.717) is 24.0 Å². The van der Waals surface area contributed by atoms with E-state index < -0.39 is 6.10 Å². The molecule has 0 bridgehead atoms. The van der Waals surface area contributed by atoms with Crippen LogP contribution in [0.4, 0.5) is 0 Å². The van der Waals surface area contributed by atoms with Crippen LogP contribution in [-0.2, 0) is 6.54 Å². The fourth-order valence-corrected chi connectivity index (χ4v) is 1.86. The molecule has 108 valence electrons. The zero-order valence-corrected chi connectivity index (χ0v) is 11.8. The van der Waals surface area contributed by atoms with Crippen LogP contribution >= 0.6 is 0 Å². The van der Waals surface area contributed by atoms with Gasteiger partial charge in [-0.3, -0.25) is 0 Å². The van der Waals surface area contributed by atoms with Crippen molar-refractivity contribution >= 4 is 0 Å². The predicted molar refractivity (Wildman–Crippen MR) is 74.2 cm³/mol. The van der Waals surface area contributed by atoms with Crippen molar-refractivity contribution < 1.29 is 9.63 Å². The molecule has 3 rings (SSSR count). The zero-order chi connectivity index (χ0) is 14.8. The molecule has 0 radical (unpaired) electrons. The third kappa shape index (κ3) is 2.97. The lowest BCUT2D eigenvalue weighted by atomic mass is 10.1. The fraction of sp³-hybridized carbons (Fsp3) is 0.286. The summed E-state index contributed by atoms with van der Waals surface area (Å²) < 4.78 is 6.81. The van der Waals surface area contributed by atoms with E-state index in [9.17, 15) is 5.11 Å². The van der Waals surface area contributed by atoms with Crippen LogP contribution in [0.3, 0.4) is 0 Å². The van der Waals surface area contributed by atoms with E-state index in [1.807, 2.05) is 31.2 Å². The second kappa shape index (κ2) is 5.45. The minimum absolute atomic E-state index is 0.342. The van der Waals surface area contributed by atoms with Gasteiger partial charge in [-0.05, 0) is 26.0 Å². The molecule has 3 aromatic rings. The van der Waals surface area contributed by atoms with Crippen molar-refractivity contribution in [1.82, 2.24) is 25.1 Å². The minimum atomic E-state index is -0.646. The lowest BCUT2D eigenvalue weighted by Crippen LogP contribution is -2.02. The van der Waals surface area contributed by atoms with Gasteiger partial charge < -0.3 is 9.63 Å². The Bertz CT molecular complexity index is 730. The average molecular weight is 285 g/mol. The van der Waals surface area contributed by atoms with Crippen LogP contribution in [0.2, 0.25) is 0 Å². The number of rotatable bonds is 4. The summed E-state index contributed by atoms with van der Waals surface area (Å²) in [6.07, 6.45) is 1.01. The summed E-state index contributed by atoms with van der Waals surface area (Å²) in [5.41, 5.74) is 2.56. The molecule has 7 heteroatoms. The molecule has 0 spiro atoms. The van der Waals surface area contributed by atoms with Gasteiger partial charge in [0.2, 0.25) is 0 Å². The van der Waals surface area contributed by atoms with E-state index >= 15 is 0 Å². The molecule has 1 N–H and O–H groups in total. The first-order valence-corrected chi connectivity index (χ1v) is 6.59. The Morgan fingerprint density at radius 3 is 2.71 bits per heavy atom. The van der Waals surface area contributed by atoms with Crippen LogP contribution < -0.4 is 0 Å². The van der Waals surface area contributed by atoms with E-state index in [2.05, 4.69) is 20.5 Å². The molecule has 0 amide bonds. The number of hydrogen-bond acceptors (Lipinski definition) is 6. The van der Waals surface area contributed by atoms with Crippen molar-refractivity contribution in [3.63, 3.8) is 0 Å². The van der Waals surface area contributed by atoms with E-state index in [1.54, 1.807) is 17.8 Å². The van der Waals surface area contributed by atoms with Crippen molar-refractivity contribution in [2.45, 2.75) is 26.5 Å². The molecule has 0 saturated carbocycles. The molecule has 1 atom stereocenters. The van der Waals surface area contributed by atoms with Gasteiger partial charge in [0.05, 0.1) is 12.3 Å². The highest BCUT2D eigenvalue weighted by Gasteiger charge is 2.11. The summed E-state index contributed by atoms with van der Waals surface area (Å²) in [7, 11) is 0. The van der Waals surface area contributed by atoms with Crippen LogP contribution in [0.15, 0.2) is 35.0 Å².